The van der Waals surface area contributed by atoms with Crippen LogP contribution in [-0.2, 0) is 14.3 Å². The Morgan fingerprint density at radius 3 is 2.35 bits per heavy atom. The average molecular weight is 541 g/mol. The third kappa shape index (κ3) is 5.41. The van der Waals surface area contributed by atoms with Crippen molar-refractivity contribution in [3.05, 3.63) is 107 Å². The summed E-state index contributed by atoms with van der Waals surface area (Å²) in [6, 6.07) is 20.2. The largest absolute Gasteiger partial charge is 0.465 e. The van der Waals surface area contributed by atoms with E-state index >= 15 is 0 Å². The molecule has 1 N–H and O–H groups in total. The Bertz CT molecular complexity index is 1450. The summed E-state index contributed by atoms with van der Waals surface area (Å²) >= 11 is 0. The Balaban J connectivity index is 1.65. The number of ketones is 1. The van der Waals surface area contributed by atoms with Crippen LogP contribution in [0.2, 0.25) is 0 Å². The van der Waals surface area contributed by atoms with Crippen molar-refractivity contribution in [3.63, 3.8) is 0 Å². The normalized spacial score (nSPS) is 18.4. The van der Waals surface area contributed by atoms with Gasteiger partial charge >= 0.3 is 5.97 Å². The van der Waals surface area contributed by atoms with Crippen LogP contribution in [0.1, 0.15) is 78.9 Å². The van der Waals surface area contributed by atoms with E-state index in [1.165, 1.54) is 19.2 Å². The Morgan fingerprint density at radius 2 is 1.65 bits per heavy atom. The molecule has 3 aromatic carbocycles. The number of Topliss-reactive ketones (excluding diaryl/α,β-unsaturated/α-hetero) is 1. The minimum absolute atomic E-state index is 0.0630. The summed E-state index contributed by atoms with van der Waals surface area (Å²) < 4.78 is 18.5. The number of amides is 1. The molecule has 6 nitrogen and oxygen atoms in total. The number of unbranched alkanes of at least 4 members (excludes halogenated alkanes) is 2. The number of allylic oxidation sites excluding steroid dienone is 1. The molecule has 1 amide bonds. The smallest absolute Gasteiger partial charge is 0.337 e. The van der Waals surface area contributed by atoms with Crippen molar-refractivity contribution < 1.29 is 23.5 Å². The molecule has 1 aliphatic carbocycles. The molecule has 1 heterocycles. The number of hydrogen-bond donors (Lipinski definition) is 1. The zero-order valence-electron chi connectivity index (χ0n) is 22.8. The van der Waals surface area contributed by atoms with E-state index in [0.717, 1.165) is 41.8 Å². The number of carbonyl (C=O) groups excluding carboxylic acids is 3. The van der Waals surface area contributed by atoms with Gasteiger partial charge in [0.15, 0.2) is 5.78 Å². The number of hydrogen-bond acceptors (Lipinski definition) is 5. The monoisotopic (exact) mass is 540 g/mol. The van der Waals surface area contributed by atoms with Crippen molar-refractivity contribution in [2.45, 2.75) is 57.4 Å². The number of methoxy groups -OCH3 is 1. The number of anilines is 2. The first-order valence-electron chi connectivity index (χ1n) is 13.8. The van der Waals surface area contributed by atoms with Crippen LogP contribution < -0.4 is 10.2 Å². The molecular weight excluding hydrogens is 507 g/mol. The molecule has 1 aliphatic heterocycles. The van der Waals surface area contributed by atoms with Crippen molar-refractivity contribution in [1.29, 1.82) is 0 Å². The molecule has 0 fully saturated rings. The molecular formula is C33H33FN2O4. The average Bonchev–Trinajstić information content (AvgIpc) is 3.12. The first kappa shape index (κ1) is 27.3. The minimum Gasteiger partial charge on any atom is -0.465 e. The summed E-state index contributed by atoms with van der Waals surface area (Å²) in [6.45, 7) is 2.09. The minimum atomic E-state index is -0.673. The maximum Gasteiger partial charge on any atom is 0.337 e. The fourth-order valence-corrected chi connectivity index (χ4v) is 5.72. The van der Waals surface area contributed by atoms with Gasteiger partial charge in [-0.15, -0.1) is 0 Å². The molecule has 0 bridgehead atoms. The molecule has 206 valence electrons. The van der Waals surface area contributed by atoms with Crippen molar-refractivity contribution in [2.75, 3.05) is 17.3 Å². The Morgan fingerprint density at radius 1 is 0.950 bits per heavy atom. The fraction of sp³-hybridized carbons (Fsp3) is 0.303. The lowest BCUT2D eigenvalue weighted by atomic mass is 9.78. The van der Waals surface area contributed by atoms with Crippen LogP contribution in [0.5, 0.6) is 0 Å². The third-order valence-electron chi connectivity index (χ3n) is 7.74. The van der Waals surface area contributed by atoms with Crippen LogP contribution in [0.4, 0.5) is 15.8 Å². The second-order valence-electron chi connectivity index (χ2n) is 10.4. The number of halogens is 1. The van der Waals surface area contributed by atoms with E-state index in [4.69, 9.17) is 4.74 Å². The number of benzene rings is 3. The van der Waals surface area contributed by atoms with Gasteiger partial charge < -0.3 is 10.1 Å². The Hall–Kier alpha value is -4.26. The lowest BCUT2D eigenvalue weighted by Gasteiger charge is -2.35. The molecule has 7 heteroatoms. The molecule has 0 spiro atoms. The van der Waals surface area contributed by atoms with Crippen LogP contribution in [0.25, 0.3) is 0 Å². The van der Waals surface area contributed by atoms with E-state index in [-0.39, 0.29) is 29.8 Å². The highest BCUT2D eigenvalue weighted by molar-refractivity contribution is 6.06. The number of nitrogens with one attached hydrogen (secondary N) is 1. The Labute approximate surface area is 233 Å². The van der Waals surface area contributed by atoms with Crippen LogP contribution in [-0.4, -0.2) is 24.8 Å². The summed E-state index contributed by atoms with van der Waals surface area (Å²) in [5.74, 6) is -1.03. The number of carbonyl (C=O) groups is 3. The number of fused-ring (bicyclic) bond motifs is 1. The maximum atomic E-state index is 14.0. The summed E-state index contributed by atoms with van der Waals surface area (Å²) in [6.07, 6.45) is 3.81. The molecule has 2 aliphatic rings. The summed E-state index contributed by atoms with van der Waals surface area (Å²) in [5, 5.41) is 3.51. The van der Waals surface area contributed by atoms with Crippen LogP contribution in [0.3, 0.4) is 0 Å². The molecule has 3 aromatic rings. The van der Waals surface area contributed by atoms with Gasteiger partial charge in [-0.3, -0.25) is 14.5 Å². The fourth-order valence-electron chi connectivity index (χ4n) is 5.72. The number of nitrogens with zero attached hydrogens (tertiary/aromatic N) is 1. The van der Waals surface area contributed by atoms with E-state index in [0.29, 0.717) is 29.7 Å². The SMILES string of the molecule is CCCCCC(=O)N1c2ccccc2NC2=C(C(=O)CC(c3ccc(F)cc3)C2)C1c1ccc(C(=O)OC)cc1. The van der Waals surface area contributed by atoms with Gasteiger partial charge in [-0.25, -0.2) is 9.18 Å². The predicted octanol–water partition coefficient (Wildman–Crippen LogP) is 7.09. The lowest BCUT2D eigenvalue weighted by molar-refractivity contribution is -0.119. The second-order valence-corrected chi connectivity index (χ2v) is 10.4. The zero-order valence-corrected chi connectivity index (χ0v) is 22.8. The highest BCUT2D eigenvalue weighted by Crippen LogP contribution is 2.47. The van der Waals surface area contributed by atoms with Gasteiger partial charge in [0.05, 0.1) is 30.1 Å². The lowest BCUT2D eigenvalue weighted by Crippen LogP contribution is -2.38. The van der Waals surface area contributed by atoms with Crippen molar-refractivity contribution in [2.24, 2.45) is 0 Å². The molecule has 0 saturated carbocycles. The molecule has 2 atom stereocenters. The topological polar surface area (TPSA) is 75.7 Å². The van der Waals surface area contributed by atoms with Gasteiger partial charge in [0.2, 0.25) is 5.91 Å². The van der Waals surface area contributed by atoms with E-state index in [2.05, 4.69) is 12.2 Å². The number of para-hydroxylation sites is 2. The third-order valence-corrected chi connectivity index (χ3v) is 7.74. The van der Waals surface area contributed by atoms with Crippen LogP contribution >= 0.6 is 0 Å². The van der Waals surface area contributed by atoms with E-state index < -0.39 is 12.0 Å². The predicted molar refractivity (Wildman–Crippen MR) is 153 cm³/mol. The first-order valence-corrected chi connectivity index (χ1v) is 13.8. The van der Waals surface area contributed by atoms with E-state index in [9.17, 15) is 18.8 Å². The first-order chi connectivity index (χ1) is 19.4. The highest BCUT2D eigenvalue weighted by Gasteiger charge is 2.41. The second kappa shape index (κ2) is 11.9. The quantitative estimate of drug-likeness (QED) is 0.256. The highest BCUT2D eigenvalue weighted by atomic mass is 19.1. The van der Waals surface area contributed by atoms with Crippen molar-refractivity contribution in [1.82, 2.24) is 0 Å². The summed E-state index contributed by atoms with van der Waals surface area (Å²) in [5.41, 5.74) is 4.77. The van der Waals surface area contributed by atoms with Crippen LogP contribution in [0, 0.1) is 5.82 Å². The number of rotatable bonds is 7. The molecule has 0 saturated heterocycles. The van der Waals surface area contributed by atoms with Crippen LogP contribution in [0.15, 0.2) is 84.1 Å². The van der Waals surface area contributed by atoms with Crippen molar-refractivity contribution >= 4 is 29.0 Å². The summed E-state index contributed by atoms with van der Waals surface area (Å²) in [7, 11) is 1.33. The zero-order chi connectivity index (χ0) is 28.2. The molecule has 5 rings (SSSR count). The van der Waals surface area contributed by atoms with Crippen molar-refractivity contribution in [3.8, 4) is 0 Å². The van der Waals surface area contributed by atoms with Gasteiger partial charge in [-0.2, -0.15) is 0 Å². The van der Waals surface area contributed by atoms with Gasteiger partial charge in [0.1, 0.15) is 5.82 Å². The molecule has 0 radical (unpaired) electrons. The number of ether oxygens (including phenoxy) is 1. The number of esters is 1. The van der Waals surface area contributed by atoms with Gasteiger partial charge in [-0.05, 0) is 66.3 Å². The molecule has 2 unspecified atom stereocenters. The van der Waals surface area contributed by atoms with Gasteiger partial charge in [0, 0.05) is 24.1 Å². The molecule has 0 aromatic heterocycles. The standard InChI is InChI=1S/C33H33FN2O4/c1-3-4-5-10-30(38)36-28-9-7-6-8-26(28)35-27-19-24(21-15-17-25(34)18-16-21)20-29(37)31(27)32(36)22-11-13-23(14-12-22)33(39)40-2/h6-9,11-18,24,32,35H,3-5,10,19-20H2,1-2H3. The van der Waals surface area contributed by atoms with Gasteiger partial charge in [0.25, 0.3) is 0 Å². The molecule has 40 heavy (non-hydrogen) atoms. The van der Waals surface area contributed by atoms with Gasteiger partial charge in [-0.1, -0.05) is 56.2 Å². The van der Waals surface area contributed by atoms with E-state index in [1.807, 2.05) is 24.3 Å². The maximum absolute atomic E-state index is 14.0. The summed E-state index contributed by atoms with van der Waals surface area (Å²) in [4.78, 5) is 41.9. The van der Waals surface area contributed by atoms with E-state index in [1.54, 1.807) is 41.3 Å². The Kier molecular flexibility index (Phi) is 8.10.